The van der Waals surface area contributed by atoms with E-state index in [-0.39, 0.29) is 7.43 Å². The molecule has 1 atom stereocenters. The number of hydrogen-bond acceptors (Lipinski definition) is 1. The molecule has 2 heteroatoms. The molecule has 1 rings (SSSR count). The first-order valence-corrected chi connectivity index (χ1v) is 4.63. The van der Waals surface area contributed by atoms with E-state index in [2.05, 4.69) is 32.7 Å². The van der Waals surface area contributed by atoms with E-state index < -0.39 is 0 Å². The Labute approximate surface area is 78.1 Å². The average Bonchev–Trinajstić information content (AvgIpc) is 1.85. The van der Waals surface area contributed by atoms with Gasteiger partial charge in [-0.05, 0) is 13.0 Å². The van der Waals surface area contributed by atoms with Gasteiger partial charge in [0.25, 0.3) is 0 Å². The zero-order valence-corrected chi connectivity index (χ0v) is 11.6. The molecule has 0 aromatic rings. The second-order valence-electron chi connectivity index (χ2n) is 4.22. The Balaban J connectivity index is 0. The summed E-state index contributed by atoms with van der Waals surface area (Å²) in [4.78, 5) is 2.49. The molecule has 0 aromatic heterocycles. The molecule has 13 heavy (non-hydrogen) atoms. The molecular formula is C11H23LrN-2. The maximum Gasteiger partial charge on any atom is 0.00627 e. The number of rotatable bonds is 1. The fourth-order valence-corrected chi connectivity index (χ4v) is 2.08. The van der Waals surface area contributed by atoms with Crippen molar-refractivity contribution in [2.45, 2.75) is 39.7 Å². The van der Waals surface area contributed by atoms with E-state index >= 15 is 0 Å². The minimum atomic E-state index is 0. The van der Waals surface area contributed by atoms with Gasteiger partial charge in [0.15, 0.2) is 0 Å². The van der Waals surface area contributed by atoms with Crippen molar-refractivity contribution in [3.63, 3.8) is 0 Å². The molecule has 0 spiro atoms. The van der Waals surface area contributed by atoms with E-state index in [1.807, 2.05) is 0 Å². The Morgan fingerprint density at radius 3 is 2.31 bits per heavy atom. The van der Waals surface area contributed by atoms with E-state index in [4.69, 9.17) is 0 Å². The van der Waals surface area contributed by atoms with Crippen molar-refractivity contribution in [2.24, 2.45) is 5.92 Å². The van der Waals surface area contributed by atoms with Gasteiger partial charge in [-0.15, -0.1) is 6.54 Å². The average molecular weight is 431 g/mol. The third-order valence-corrected chi connectivity index (χ3v) is 2.72. The Morgan fingerprint density at radius 2 is 1.92 bits per heavy atom. The van der Waals surface area contributed by atoms with Crippen LogP contribution in [0.2, 0.25) is 0 Å². The fraction of sp³-hybridized carbons (Fsp3) is 0.818. The van der Waals surface area contributed by atoms with E-state index in [0.29, 0.717) is 0 Å². The van der Waals surface area contributed by atoms with E-state index in [0.717, 1.165) is 12.0 Å². The van der Waals surface area contributed by atoms with Crippen LogP contribution in [0.3, 0.4) is 0 Å². The molecule has 0 saturated carbocycles. The zero-order chi connectivity index (χ0) is 8.43. The van der Waals surface area contributed by atoms with Crippen LogP contribution in [0.25, 0.3) is 0 Å². The van der Waals surface area contributed by atoms with Crippen molar-refractivity contribution in [2.75, 3.05) is 13.6 Å². The zero-order valence-electron chi connectivity index (χ0n) is 9.48. The predicted octanol–water partition coefficient (Wildman–Crippen LogP) is 2.78. The summed E-state index contributed by atoms with van der Waals surface area (Å²) < 4.78 is 0. The van der Waals surface area contributed by atoms with Gasteiger partial charge in [0.05, 0.1) is 0 Å². The molecular weight excluding hydrogens is 408 g/mol. The quantitative estimate of drug-likeness (QED) is 0.578. The van der Waals surface area contributed by atoms with Crippen molar-refractivity contribution in [3.05, 3.63) is 13.3 Å². The number of nitrogens with zero attached hydrogens (tertiary/aromatic N) is 1. The first-order valence-electron chi connectivity index (χ1n) is 4.63. The third kappa shape index (κ3) is 3.45. The first-order chi connectivity index (χ1) is 5.11. The molecule has 1 heterocycles. The van der Waals surface area contributed by atoms with Gasteiger partial charge < -0.3 is 18.2 Å². The molecule has 0 N–H and O–H groups in total. The summed E-state index contributed by atoms with van der Waals surface area (Å²) in [5.74, 6) is 2.46. The topological polar surface area (TPSA) is 3.24 Å². The molecule has 0 aromatic carbocycles. The maximum atomic E-state index is 2.49. The Kier molecular flexibility index (Phi) is 6.22. The van der Waals surface area contributed by atoms with Crippen molar-refractivity contribution >= 4 is 0 Å². The molecule has 1 nitrogen and oxygen atoms in total. The Hall–Kier alpha value is -1.04. The maximum absolute atomic E-state index is 2.49. The summed E-state index contributed by atoms with van der Waals surface area (Å²) >= 11 is 0. The van der Waals surface area contributed by atoms with Crippen molar-refractivity contribution < 1.29 is 0 Å². The second-order valence-corrected chi connectivity index (χ2v) is 4.22. The van der Waals surface area contributed by atoms with Crippen LogP contribution in [0.15, 0.2) is 0 Å². The first kappa shape index (κ1) is 14.5. The largest absolute Gasteiger partial charge is 0.358 e. The van der Waals surface area contributed by atoms with Gasteiger partial charge in [-0.1, -0.05) is 20.3 Å². The van der Waals surface area contributed by atoms with Gasteiger partial charge in [-0.2, -0.15) is 13.3 Å². The fourth-order valence-electron chi connectivity index (χ4n) is 2.08. The van der Waals surface area contributed by atoms with Crippen molar-refractivity contribution in [1.82, 2.24) is 4.90 Å². The second kappa shape index (κ2) is 5.58. The SMILES string of the molecule is C[C-]1CCC(C(C)C)N(C)C1.[CH3-].[Lr]. The molecule has 0 bridgehead atoms. The van der Waals surface area contributed by atoms with Crippen LogP contribution in [-0.4, -0.2) is 24.5 Å². The minimum Gasteiger partial charge on any atom is -0.358 e. The van der Waals surface area contributed by atoms with Gasteiger partial charge in [0, 0.05) is 6.04 Å². The standard InChI is InChI=1S/C10H20N.CH3.Lr/c1-8(2)10-6-5-9(3)7-11(10)4;;/h8,10H,5-7H2,1-4H3;1H3;/q2*-1;. The van der Waals surface area contributed by atoms with Gasteiger partial charge >= 0.3 is 0 Å². The van der Waals surface area contributed by atoms with Crippen LogP contribution in [0, 0.1) is 19.3 Å². The molecule has 1 aliphatic heterocycles. The summed E-state index contributed by atoms with van der Waals surface area (Å²) in [6, 6.07) is 0.818. The van der Waals surface area contributed by atoms with Crippen LogP contribution in [0.4, 0.5) is 0 Å². The molecule has 1 fully saturated rings. The number of likely N-dealkylation sites (tertiary alicyclic amines) is 1. The third-order valence-electron chi connectivity index (χ3n) is 2.72. The van der Waals surface area contributed by atoms with Crippen LogP contribution in [-0.2, 0) is 0 Å². The number of piperidine rings is 1. The summed E-state index contributed by atoms with van der Waals surface area (Å²) in [5, 5.41) is 0. The summed E-state index contributed by atoms with van der Waals surface area (Å²) in [6.07, 6.45) is 2.70. The smallest absolute Gasteiger partial charge is 0.00627 e. The molecule has 1 saturated heterocycles. The number of hydrogen-bond donors (Lipinski definition) is 0. The molecule has 89 valence electrons. The van der Waals surface area contributed by atoms with Crippen LogP contribution < -0.4 is 0 Å². The Bertz CT molecular complexity index is 125. The monoisotopic (exact) mass is 431 g/mol. The van der Waals surface area contributed by atoms with Gasteiger partial charge in [0.1, 0.15) is 0 Å². The van der Waals surface area contributed by atoms with Gasteiger partial charge in [-0.3, -0.25) is 0 Å². The summed E-state index contributed by atoms with van der Waals surface area (Å²) in [6.45, 7) is 8.12. The molecule has 1 aliphatic rings. The van der Waals surface area contributed by atoms with Crippen molar-refractivity contribution in [3.8, 4) is 0 Å². The van der Waals surface area contributed by atoms with E-state index in [1.165, 1.54) is 19.4 Å². The van der Waals surface area contributed by atoms with Crippen LogP contribution in [0.5, 0.6) is 0 Å². The minimum absolute atomic E-state index is 0. The van der Waals surface area contributed by atoms with Crippen molar-refractivity contribution in [1.29, 1.82) is 0 Å². The van der Waals surface area contributed by atoms with Crippen LogP contribution in [0.1, 0.15) is 33.6 Å². The molecule has 0 amide bonds. The molecule has 1 radical (unpaired) electrons. The molecule has 0 aliphatic carbocycles. The normalized spacial score (nSPS) is 25.2. The Morgan fingerprint density at radius 1 is 1.38 bits per heavy atom. The summed E-state index contributed by atoms with van der Waals surface area (Å²) in [7, 11) is 2.24. The van der Waals surface area contributed by atoms with E-state index in [1.54, 1.807) is 5.92 Å². The summed E-state index contributed by atoms with van der Waals surface area (Å²) in [5.41, 5.74) is 0. The van der Waals surface area contributed by atoms with Crippen LogP contribution >= 0.6 is 0 Å². The van der Waals surface area contributed by atoms with E-state index in [9.17, 15) is 0 Å². The predicted molar refractivity (Wildman–Crippen MR) is 55.8 cm³/mol. The van der Waals surface area contributed by atoms with Gasteiger partial charge in [-0.25, -0.2) is 0 Å². The van der Waals surface area contributed by atoms with Gasteiger partial charge in [0.2, 0.25) is 0 Å². The molecule has 1 unspecified atom stereocenters.